The molecule has 1 unspecified atom stereocenters. The predicted octanol–water partition coefficient (Wildman–Crippen LogP) is 4.65. The zero-order chi connectivity index (χ0) is 16.0. The lowest BCUT2D eigenvalue weighted by Crippen LogP contribution is -2.51. The van der Waals surface area contributed by atoms with Crippen molar-refractivity contribution >= 4 is 17.5 Å². The second-order valence-electron chi connectivity index (χ2n) is 5.67. The minimum absolute atomic E-state index is 0.0341. The maximum absolute atomic E-state index is 12.1. The molecule has 114 valence electrons. The van der Waals surface area contributed by atoms with E-state index in [0.717, 1.165) is 17.6 Å². The number of carbonyl (C=O) groups excluding carboxylic acids is 1. The summed E-state index contributed by atoms with van der Waals surface area (Å²) in [5.74, 6) is 0.0833. The largest absolute Gasteiger partial charge is 0.347 e. The number of amides is 1. The molecule has 1 heterocycles. The number of halogens is 1. The molecule has 1 aliphatic heterocycles. The molecule has 0 radical (unpaired) electrons. The molecule has 21 heavy (non-hydrogen) atoms. The molecule has 0 aromatic rings. The number of nitrogens with one attached hydrogen (secondary N) is 1. The van der Waals surface area contributed by atoms with Crippen LogP contribution in [0.3, 0.4) is 0 Å². The lowest BCUT2D eigenvalue weighted by molar-refractivity contribution is -0.125. The molecule has 2 nitrogen and oxygen atoms in total. The monoisotopic (exact) mass is 305 g/mol. The predicted molar refractivity (Wildman–Crippen MR) is 90.1 cm³/mol. The van der Waals surface area contributed by atoms with Crippen LogP contribution < -0.4 is 5.32 Å². The van der Waals surface area contributed by atoms with Gasteiger partial charge in [0.2, 0.25) is 5.91 Å². The van der Waals surface area contributed by atoms with Crippen LogP contribution in [0.2, 0.25) is 0 Å². The summed E-state index contributed by atoms with van der Waals surface area (Å²) in [6.07, 6.45) is 10.3. The van der Waals surface area contributed by atoms with E-state index >= 15 is 0 Å². The fourth-order valence-corrected chi connectivity index (χ4v) is 2.83. The van der Waals surface area contributed by atoms with Gasteiger partial charge in [-0.15, -0.1) is 5.73 Å². The van der Waals surface area contributed by atoms with E-state index in [4.69, 9.17) is 11.6 Å². The molecule has 0 saturated carbocycles. The second-order valence-corrected chi connectivity index (χ2v) is 6.08. The van der Waals surface area contributed by atoms with Crippen LogP contribution in [0.5, 0.6) is 0 Å². The highest BCUT2D eigenvalue weighted by Gasteiger charge is 2.35. The Kier molecular flexibility index (Phi) is 6.26. The Labute approximate surface area is 133 Å². The maximum atomic E-state index is 12.1. The molecule has 1 amide bonds. The smallest absolute Gasteiger partial charge is 0.227 e. The Hall–Kier alpha value is -1.50. The van der Waals surface area contributed by atoms with E-state index in [0.29, 0.717) is 5.03 Å². The molecular weight excluding hydrogens is 282 g/mol. The molecular formula is C18H24ClNO. The highest BCUT2D eigenvalue weighted by molar-refractivity contribution is 6.31. The van der Waals surface area contributed by atoms with Crippen LogP contribution in [0.15, 0.2) is 52.3 Å². The molecule has 0 spiro atoms. The van der Waals surface area contributed by atoms with Gasteiger partial charge in [0.25, 0.3) is 0 Å². The quantitative estimate of drug-likeness (QED) is 0.594. The maximum Gasteiger partial charge on any atom is 0.227 e. The zero-order valence-electron chi connectivity index (χ0n) is 13.5. The molecule has 1 rings (SSSR count). The normalized spacial score (nSPS) is 21.6. The lowest BCUT2D eigenvalue weighted by Gasteiger charge is -2.37. The Balaban J connectivity index is 3.05. The summed E-state index contributed by atoms with van der Waals surface area (Å²) in [5.41, 5.74) is 4.85. The summed E-state index contributed by atoms with van der Waals surface area (Å²) in [5, 5.41) is 3.65. The van der Waals surface area contributed by atoms with E-state index < -0.39 is 0 Å². The van der Waals surface area contributed by atoms with Gasteiger partial charge in [-0.1, -0.05) is 42.3 Å². The summed E-state index contributed by atoms with van der Waals surface area (Å²) >= 11 is 5.94. The van der Waals surface area contributed by atoms with Crippen molar-refractivity contribution in [2.45, 2.75) is 46.6 Å². The molecule has 0 aromatic heterocycles. The van der Waals surface area contributed by atoms with Gasteiger partial charge in [0.15, 0.2) is 0 Å². The van der Waals surface area contributed by atoms with E-state index in [1.807, 2.05) is 52.8 Å². The van der Waals surface area contributed by atoms with Gasteiger partial charge < -0.3 is 5.32 Å². The SMILES string of the molecule is CC=C=C(Cl)/C=C/C=C/C1=C(C)C(CC)C(=O)NC1(C)C. The van der Waals surface area contributed by atoms with Crippen molar-refractivity contribution in [3.63, 3.8) is 0 Å². The van der Waals surface area contributed by atoms with E-state index in [1.165, 1.54) is 0 Å². The second kappa shape index (κ2) is 7.49. The van der Waals surface area contributed by atoms with Crippen molar-refractivity contribution < 1.29 is 4.79 Å². The van der Waals surface area contributed by atoms with E-state index in [1.54, 1.807) is 12.2 Å². The number of hydrogen-bond donors (Lipinski definition) is 1. The summed E-state index contributed by atoms with van der Waals surface area (Å²) in [4.78, 5) is 12.1. The van der Waals surface area contributed by atoms with Crippen molar-refractivity contribution in [3.8, 4) is 0 Å². The third kappa shape index (κ3) is 4.49. The minimum Gasteiger partial charge on any atom is -0.347 e. The van der Waals surface area contributed by atoms with Gasteiger partial charge in [-0.25, -0.2) is 0 Å². The zero-order valence-corrected chi connectivity index (χ0v) is 14.2. The first kappa shape index (κ1) is 17.6. The first-order valence-electron chi connectivity index (χ1n) is 7.28. The highest BCUT2D eigenvalue weighted by Crippen LogP contribution is 2.32. The Morgan fingerprint density at radius 1 is 1.43 bits per heavy atom. The Morgan fingerprint density at radius 2 is 2.10 bits per heavy atom. The molecule has 1 atom stereocenters. The molecule has 0 aliphatic carbocycles. The highest BCUT2D eigenvalue weighted by atomic mass is 35.5. The average molecular weight is 306 g/mol. The third-order valence-electron chi connectivity index (χ3n) is 3.68. The van der Waals surface area contributed by atoms with Crippen molar-refractivity contribution in [2.24, 2.45) is 5.92 Å². The van der Waals surface area contributed by atoms with Crippen LogP contribution in [-0.2, 0) is 4.79 Å². The minimum atomic E-state index is -0.347. The van der Waals surface area contributed by atoms with Crippen LogP contribution in [0, 0.1) is 5.92 Å². The summed E-state index contributed by atoms with van der Waals surface area (Å²) in [7, 11) is 0. The van der Waals surface area contributed by atoms with Crippen molar-refractivity contribution in [2.75, 3.05) is 0 Å². The van der Waals surface area contributed by atoms with Gasteiger partial charge in [0.05, 0.1) is 16.5 Å². The summed E-state index contributed by atoms with van der Waals surface area (Å²) in [6, 6.07) is 0. The molecule has 0 saturated heterocycles. The van der Waals surface area contributed by atoms with Crippen LogP contribution >= 0.6 is 11.6 Å². The number of allylic oxidation sites excluding steroid dienone is 4. The number of hydrogen-bond acceptors (Lipinski definition) is 1. The topological polar surface area (TPSA) is 29.1 Å². The van der Waals surface area contributed by atoms with Gasteiger partial charge in [0, 0.05) is 0 Å². The van der Waals surface area contributed by atoms with E-state index in [9.17, 15) is 4.79 Å². The molecule has 3 heteroatoms. The standard InChI is InChI=1S/C18H24ClNO/c1-6-10-14(19)11-8-9-12-16-13(3)15(7-2)17(21)20-18(16,4)5/h6,8-9,11-12,15H,7H2,1-5H3,(H,20,21)/b11-8+,12-9+. The van der Waals surface area contributed by atoms with Crippen LogP contribution in [0.1, 0.15) is 41.0 Å². The Morgan fingerprint density at radius 3 is 2.67 bits per heavy atom. The van der Waals surface area contributed by atoms with Crippen molar-refractivity contribution in [1.82, 2.24) is 5.32 Å². The fraction of sp³-hybridized carbons (Fsp3) is 0.444. The van der Waals surface area contributed by atoms with Gasteiger partial charge in [-0.05, 0) is 51.8 Å². The summed E-state index contributed by atoms with van der Waals surface area (Å²) in [6.45, 7) is 10.0. The number of carbonyl (C=O) groups is 1. The molecule has 0 bridgehead atoms. The van der Waals surface area contributed by atoms with Crippen molar-refractivity contribution in [1.29, 1.82) is 0 Å². The van der Waals surface area contributed by atoms with E-state index in [-0.39, 0.29) is 17.4 Å². The van der Waals surface area contributed by atoms with Gasteiger partial charge in [0.1, 0.15) is 0 Å². The lowest BCUT2D eigenvalue weighted by atomic mass is 9.79. The van der Waals surface area contributed by atoms with Gasteiger partial charge in [-0.2, -0.15) is 0 Å². The molecule has 0 aromatic carbocycles. The molecule has 1 aliphatic rings. The Bertz CT molecular complexity index is 558. The van der Waals surface area contributed by atoms with E-state index in [2.05, 4.69) is 11.0 Å². The van der Waals surface area contributed by atoms with Crippen LogP contribution in [0.25, 0.3) is 0 Å². The van der Waals surface area contributed by atoms with Crippen molar-refractivity contribution in [3.05, 3.63) is 52.3 Å². The van der Waals surface area contributed by atoms with Gasteiger partial charge >= 0.3 is 0 Å². The first-order chi connectivity index (χ1) is 9.83. The molecule has 1 N–H and O–H groups in total. The summed E-state index contributed by atoms with van der Waals surface area (Å²) < 4.78 is 0. The van der Waals surface area contributed by atoms with Crippen LogP contribution in [0.4, 0.5) is 0 Å². The van der Waals surface area contributed by atoms with Gasteiger partial charge in [-0.3, -0.25) is 4.79 Å². The molecule has 0 fully saturated rings. The fourth-order valence-electron chi connectivity index (χ4n) is 2.65. The first-order valence-corrected chi connectivity index (χ1v) is 7.66. The average Bonchev–Trinajstić information content (AvgIpc) is 2.37. The third-order valence-corrected chi connectivity index (χ3v) is 3.92. The van der Waals surface area contributed by atoms with Crippen LogP contribution in [-0.4, -0.2) is 11.4 Å². The number of rotatable bonds is 4.